The number of pyridine rings is 1. The van der Waals surface area contributed by atoms with Crippen LogP contribution in [0.25, 0.3) is 0 Å². The molecule has 0 bridgehead atoms. The first kappa shape index (κ1) is 15.4. The third kappa shape index (κ3) is 3.17. The Hall–Kier alpha value is -1.02. The zero-order valence-electron chi connectivity index (χ0n) is 9.77. The summed E-state index contributed by atoms with van der Waals surface area (Å²) in [6, 6.07) is 6.01. The van der Waals surface area contributed by atoms with Crippen LogP contribution in [0.3, 0.4) is 0 Å². The smallest absolute Gasteiger partial charge is 0.281 e. The van der Waals surface area contributed by atoms with Crippen LogP contribution < -0.4 is 10.5 Å². The number of hydrogen-bond acceptors (Lipinski definition) is 4. The summed E-state index contributed by atoms with van der Waals surface area (Å²) < 4.78 is 27.4. The molecule has 0 aliphatic rings. The lowest BCUT2D eigenvalue weighted by Gasteiger charge is -2.12. The Morgan fingerprint density at radius 2 is 1.85 bits per heavy atom. The van der Waals surface area contributed by atoms with Gasteiger partial charge in [-0.1, -0.05) is 39.1 Å². The number of nitrogens with two attached hydrogens (primary N) is 1. The number of nitrogen functional groups attached to an aromatic ring is 1. The van der Waals surface area contributed by atoms with Gasteiger partial charge in [-0.25, -0.2) is 4.98 Å². The van der Waals surface area contributed by atoms with Gasteiger partial charge >= 0.3 is 0 Å². The van der Waals surface area contributed by atoms with E-state index in [0.29, 0.717) is 4.47 Å². The van der Waals surface area contributed by atoms with Gasteiger partial charge in [0.1, 0.15) is 0 Å². The van der Waals surface area contributed by atoms with Crippen LogP contribution in [0.2, 0.25) is 10.0 Å². The van der Waals surface area contributed by atoms with Crippen molar-refractivity contribution in [1.82, 2.24) is 4.98 Å². The average molecular weight is 397 g/mol. The molecule has 0 amide bonds. The largest absolute Gasteiger partial charge is 0.396 e. The number of nitrogens with zero attached hydrogens (tertiary/aromatic N) is 1. The second-order valence-corrected chi connectivity index (χ2v) is 7.08. The van der Waals surface area contributed by atoms with E-state index >= 15 is 0 Å². The van der Waals surface area contributed by atoms with Gasteiger partial charge in [-0.3, -0.25) is 4.72 Å². The van der Waals surface area contributed by atoms with E-state index in [1.54, 1.807) is 0 Å². The minimum atomic E-state index is -3.97. The van der Waals surface area contributed by atoms with Crippen LogP contribution in [0.4, 0.5) is 11.4 Å². The van der Waals surface area contributed by atoms with Crippen LogP contribution in [0.15, 0.2) is 40.0 Å². The van der Waals surface area contributed by atoms with Crippen LogP contribution in [-0.4, -0.2) is 13.4 Å². The summed E-state index contributed by atoms with van der Waals surface area (Å²) in [4.78, 5) is 3.75. The SMILES string of the molecule is Nc1cccnc1S(=O)(=O)Nc1c(Cl)cc(Br)cc1Cl. The highest BCUT2D eigenvalue weighted by Crippen LogP contribution is 2.35. The molecule has 0 spiro atoms. The van der Waals surface area contributed by atoms with E-state index in [4.69, 9.17) is 28.9 Å². The summed E-state index contributed by atoms with van der Waals surface area (Å²) in [7, 11) is -3.97. The van der Waals surface area contributed by atoms with Gasteiger partial charge in [-0.05, 0) is 24.3 Å². The molecule has 1 heterocycles. The number of hydrogen-bond donors (Lipinski definition) is 2. The van der Waals surface area contributed by atoms with E-state index in [1.165, 1.54) is 30.5 Å². The fourth-order valence-electron chi connectivity index (χ4n) is 1.45. The first-order chi connectivity index (χ1) is 9.31. The Balaban J connectivity index is 2.47. The number of sulfonamides is 1. The van der Waals surface area contributed by atoms with Crippen LogP contribution in [0.5, 0.6) is 0 Å². The monoisotopic (exact) mass is 395 g/mol. The molecule has 0 radical (unpaired) electrons. The van der Waals surface area contributed by atoms with Crippen LogP contribution in [-0.2, 0) is 10.0 Å². The summed E-state index contributed by atoms with van der Waals surface area (Å²) in [5, 5.41) is 0.0277. The molecule has 0 aliphatic heterocycles. The third-order valence-electron chi connectivity index (χ3n) is 2.30. The standard InChI is InChI=1S/C11H8BrCl2N3O2S/c12-6-4-7(13)10(8(14)5-6)17-20(18,19)11-9(15)2-1-3-16-11/h1-5,17H,15H2. The van der Waals surface area contributed by atoms with Crippen molar-refractivity contribution in [2.75, 3.05) is 10.5 Å². The van der Waals surface area contributed by atoms with Crippen molar-refractivity contribution in [1.29, 1.82) is 0 Å². The molecule has 20 heavy (non-hydrogen) atoms. The van der Waals surface area contributed by atoms with E-state index in [9.17, 15) is 8.42 Å². The zero-order valence-corrected chi connectivity index (χ0v) is 13.7. The lowest BCUT2D eigenvalue weighted by Crippen LogP contribution is -2.16. The van der Waals surface area contributed by atoms with Gasteiger partial charge in [0.05, 0.1) is 21.4 Å². The number of nitrogens with one attached hydrogen (secondary N) is 1. The molecular formula is C11H8BrCl2N3O2S. The zero-order chi connectivity index (χ0) is 14.9. The number of rotatable bonds is 3. The first-order valence-electron chi connectivity index (χ1n) is 5.19. The van der Waals surface area contributed by atoms with E-state index in [0.717, 1.165) is 0 Å². The van der Waals surface area contributed by atoms with Crippen LogP contribution in [0, 0.1) is 0 Å². The maximum Gasteiger partial charge on any atom is 0.281 e. The molecule has 0 fully saturated rings. The van der Waals surface area contributed by atoms with Gasteiger partial charge in [-0.2, -0.15) is 8.42 Å². The average Bonchev–Trinajstić information content (AvgIpc) is 2.34. The topological polar surface area (TPSA) is 85.1 Å². The van der Waals surface area contributed by atoms with Crippen molar-refractivity contribution in [3.63, 3.8) is 0 Å². The lowest BCUT2D eigenvalue weighted by molar-refractivity contribution is 0.598. The van der Waals surface area contributed by atoms with Gasteiger partial charge in [0.15, 0.2) is 5.03 Å². The summed E-state index contributed by atoms with van der Waals surface area (Å²) in [5.74, 6) is 0. The number of anilines is 2. The Kier molecular flexibility index (Phi) is 4.43. The predicted octanol–water partition coefficient (Wildman–Crippen LogP) is 3.53. The second-order valence-electron chi connectivity index (χ2n) is 3.75. The van der Waals surface area contributed by atoms with E-state index in [1.807, 2.05) is 0 Å². The minimum Gasteiger partial charge on any atom is -0.396 e. The lowest BCUT2D eigenvalue weighted by atomic mass is 10.3. The van der Waals surface area contributed by atoms with E-state index in [-0.39, 0.29) is 26.4 Å². The molecule has 0 atom stereocenters. The van der Waals surface area contributed by atoms with Gasteiger partial charge in [0.2, 0.25) is 0 Å². The summed E-state index contributed by atoms with van der Waals surface area (Å²) >= 11 is 15.2. The van der Waals surface area contributed by atoms with E-state index in [2.05, 4.69) is 25.6 Å². The summed E-state index contributed by atoms with van der Waals surface area (Å²) in [6.45, 7) is 0. The third-order valence-corrected chi connectivity index (χ3v) is 4.68. The molecule has 1 aromatic carbocycles. The molecule has 0 aliphatic carbocycles. The molecule has 2 aromatic rings. The van der Waals surface area contributed by atoms with Gasteiger partial charge in [0, 0.05) is 10.7 Å². The quantitative estimate of drug-likeness (QED) is 0.830. The molecule has 3 N–H and O–H groups in total. The Bertz CT molecular complexity index is 745. The normalized spacial score (nSPS) is 11.3. The predicted molar refractivity (Wildman–Crippen MR) is 83.6 cm³/mol. The fourth-order valence-corrected chi connectivity index (χ4v) is 4.03. The summed E-state index contributed by atoms with van der Waals surface area (Å²) in [6.07, 6.45) is 1.33. The molecule has 0 saturated carbocycles. The number of aromatic nitrogens is 1. The van der Waals surface area contributed by atoms with Crippen LogP contribution >= 0.6 is 39.1 Å². The van der Waals surface area contributed by atoms with Crippen molar-refractivity contribution >= 4 is 60.5 Å². The second kappa shape index (κ2) is 5.77. The molecule has 2 rings (SSSR count). The highest BCUT2D eigenvalue weighted by Gasteiger charge is 2.21. The minimum absolute atomic E-state index is 0.0318. The molecule has 1 aromatic heterocycles. The fraction of sp³-hybridized carbons (Fsp3) is 0. The highest BCUT2D eigenvalue weighted by molar-refractivity contribution is 9.10. The first-order valence-corrected chi connectivity index (χ1v) is 8.22. The molecular weight excluding hydrogens is 389 g/mol. The molecule has 0 saturated heterocycles. The van der Waals surface area contributed by atoms with Gasteiger partial charge in [0.25, 0.3) is 10.0 Å². The van der Waals surface area contributed by atoms with Crippen molar-refractivity contribution in [3.05, 3.63) is 45.0 Å². The Morgan fingerprint density at radius 3 is 2.40 bits per heavy atom. The van der Waals surface area contributed by atoms with Crippen molar-refractivity contribution in [2.24, 2.45) is 0 Å². The molecule has 5 nitrogen and oxygen atoms in total. The summed E-state index contributed by atoms with van der Waals surface area (Å²) in [5.41, 5.74) is 5.71. The van der Waals surface area contributed by atoms with Gasteiger partial charge in [-0.15, -0.1) is 0 Å². The highest BCUT2D eigenvalue weighted by atomic mass is 79.9. The van der Waals surface area contributed by atoms with Gasteiger partial charge < -0.3 is 5.73 Å². The number of benzene rings is 1. The van der Waals surface area contributed by atoms with Crippen molar-refractivity contribution < 1.29 is 8.42 Å². The van der Waals surface area contributed by atoms with Crippen molar-refractivity contribution in [2.45, 2.75) is 5.03 Å². The van der Waals surface area contributed by atoms with E-state index < -0.39 is 10.0 Å². The molecule has 106 valence electrons. The maximum absolute atomic E-state index is 12.2. The Labute approximate surface area is 134 Å². The van der Waals surface area contributed by atoms with Crippen molar-refractivity contribution in [3.8, 4) is 0 Å². The number of halogens is 3. The Morgan fingerprint density at radius 1 is 1.25 bits per heavy atom. The molecule has 0 unspecified atom stereocenters. The maximum atomic E-state index is 12.2. The van der Waals surface area contributed by atoms with Crippen LogP contribution in [0.1, 0.15) is 0 Å². The molecule has 9 heteroatoms.